The lowest BCUT2D eigenvalue weighted by atomic mass is 9.94. The zero-order valence-corrected chi connectivity index (χ0v) is 21.3. The highest BCUT2D eigenvalue weighted by atomic mass is 35.5. The van der Waals surface area contributed by atoms with Gasteiger partial charge >= 0.3 is 0 Å². The van der Waals surface area contributed by atoms with E-state index >= 15 is 0 Å². The average molecular weight is 524 g/mol. The fourth-order valence-corrected chi connectivity index (χ4v) is 4.50. The number of benzene rings is 3. The second kappa shape index (κ2) is 10.8. The third kappa shape index (κ3) is 4.80. The van der Waals surface area contributed by atoms with Crippen LogP contribution in [0.5, 0.6) is 23.0 Å². The number of hydrogen-bond acceptors (Lipinski definition) is 7. The molecular formula is C28H26ClNO7. The first-order chi connectivity index (χ1) is 17.8. The summed E-state index contributed by atoms with van der Waals surface area (Å²) >= 11 is 6.27. The number of hydrogen-bond donors (Lipinski definition) is 2. The molecule has 0 aromatic heterocycles. The zero-order valence-electron chi connectivity index (χ0n) is 20.5. The first kappa shape index (κ1) is 25.9. The number of nitrogens with zero attached hydrogens (tertiary/aromatic N) is 1. The van der Waals surface area contributed by atoms with Crippen LogP contribution in [0.1, 0.15) is 31.0 Å². The smallest absolute Gasteiger partial charge is 0.300 e. The van der Waals surface area contributed by atoms with Gasteiger partial charge in [0.1, 0.15) is 17.3 Å². The fourth-order valence-electron chi connectivity index (χ4n) is 4.28. The molecule has 37 heavy (non-hydrogen) atoms. The molecular weight excluding hydrogens is 498 g/mol. The van der Waals surface area contributed by atoms with Crippen molar-refractivity contribution in [3.05, 3.63) is 82.4 Å². The van der Waals surface area contributed by atoms with Crippen molar-refractivity contribution in [3.63, 3.8) is 0 Å². The van der Waals surface area contributed by atoms with Crippen LogP contribution in [0.2, 0.25) is 5.02 Å². The van der Waals surface area contributed by atoms with Gasteiger partial charge in [-0.05, 0) is 55.8 Å². The summed E-state index contributed by atoms with van der Waals surface area (Å²) in [4.78, 5) is 28.1. The maximum atomic E-state index is 13.4. The molecule has 0 aliphatic carbocycles. The summed E-state index contributed by atoms with van der Waals surface area (Å²) in [6.45, 7) is 4.36. The van der Waals surface area contributed by atoms with Gasteiger partial charge in [0.15, 0.2) is 11.5 Å². The number of para-hydroxylation sites is 1. The van der Waals surface area contributed by atoms with Crippen molar-refractivity contribution in [2.24, 2.45) is 0 Å². The van der Waals surface area contributed by atoms with Gasteiger partial charge in [0.2, 0.25) is 0 Å². The van der Waals surface area contributed by atoms with E-state index in [-0.39, 0.29) is 33.4 Å². The molecule has 1 aliphatic heterocycles. The summed E-state index contributed by atoms with van der Waals surface area (Å²) in [5.41, 5.74) is 0.850. The molecule has 0 radical (unpaired) electrons. The van der Waals surface area contributed by atoms with Crippen molar-refractivity contribution in [1.29, 1.82) is 0 Å². The number of halogens is 1. The number of aromatic hydroxyl groups is 1. The molecule has 1 saturated heterocycles. The molecule has 1 fully saturated rings. The number of carbonyl (C=O) groups excluding carboxylic acids is 2. The van der Waals surface area contributed by atoms with Gasteiger partial charge in [-0.3, -0.25) is 14.5 Å². The lowest BCUT2D eigenvalue weighted by Crippen LogP contribution is -2.29. The Morgan fingerprint density at radius 3 is 2.32 bits per heavy atom. The summed E-state index contributed by atoms with van der Waals surface area (Å²) in [5, 5.41) is 21.8. The van der Waals surface area contributed by atoms with E-state index in [0.717, 1.165) is 0 Å². The molecule has 9 heteroatoms. The Bertz CT molecular complexity index is 1370. The van der Waals surface area contributed by atoms with Crippen molar-refractivity contribution in [2.45, 2.75) is 19.9 Å². The minimum Gasteiger partial charge on any atom is -0.507 e. The van der Waals surface area contributed by atoms with Crippen LogP contribution in [0.3, 0.4) is 0 Å². The number of rotatable bonds is 8. The number of phenols is 1. The first-order valence-electron chi connectivity index (χ1n) is 11.6. The molecule has 3 aromatic rings. The van der Waals surface area contributed by atoms with E-state index in [4.69, 9.17) is 25.8 Å². The van der Waals surface area contributed by atoms with Crippen LogP contribution in [0.4, 0.5) is 5.69 Å². The Kier molecular flexibility index (Phi) is 7.59. The summed E-state index contributed by atoms with van der Waals surface area (Å²) in [6.07, 6.45) is 0. The zero-order chi connectivity index (χ0) is 26.7. The van der Waals surface area contributed by atoms with Gasteiger partial charge in [0.25, 0.3) is 11.7 Å². The third-order valence-electron chi connectivity index (χ3n) is 5.88. The summed E-state index contributed by atoms with van der Waals surface area (Å²) in [5.74, 6) is -1.55. The predicted octanol–water partition coefficient (Wildman–Crippen LogP) is 5.48. The number of carbonyl (C=O) groups is 2. The third-order valence-corrected chi connectivity index (χ3v) is 6.17. The Labute approximate surface area is 219 Å². The van der Waals surface area contributed by atoms with E-state index in [2.05, 4.69) is 0 Å². The average Bonchev–Trinajstić information content (AvgIpc) is 3.16. The minimum atomic E-state index is -1.07. The number of anilines is 1. The van der Waals surface area contributed by atoms with Crippen LogP contribution in [-0.4, -0.2) is 42.2 Å². The van der Waals surface area contributed by atoms with Crippen molar-refractivity contribution in [2.75, 3.05) is 25.2 Å². The first-order valence-corrected chi connectivity index (χ1v) is 12.0. The quantitative estimate of drug-likeness (QED) is 0.229. The van der Waals surface area contributed by atoms with Crippen molar-refractivity contribution >= 4 is 34.7 Å². The van der Waals surface area contributed by atoms with Gasteiger partial charge in [0.05, 0.1) is 42.5 Å². The number of ketones is 1. The highest BCUT2D eigenvalue weighted by Gasteiger charge is 2.47. The summed E-state index contributed by atoms with van der Waals surface area (Å²) < 4.78 is 16.5. The molecule has 1 atom stereocenters. The monoisotopic (exact) mass is 523 g/mol. The van der Waals surface area contributed by atoms with Crippen LogP contribution in [-0.2, 0) is 9.59 Å². The predicted molar refractivity (Wildman–Crippen MR) is 140 cm³/mol. The molecule has 192 valence electrons. The molecule has 0 saturated carbocycles. The van der Waals surface area contributed by atoms with Crippen LogP contribution in [0.25, 0.3) is 5.76 Å². The molecule has 1 aliphatic rings. The Morgan fingerprint density at radius 2 is 1.68 bits per heavy atom. The van der Waals surface area contributed by atoms with Gasteiger partial charge in [-0.1, -0.05) is 29.8 Å². The van der Waals surface area contributed by atoms with Crippen LogP contribution in [0, 0.1) is 0 Å². The van der Waals surface area contributed by atoms with E-state index < -0.39 is 23.5 Å². The van der Waals surface area contributed by atoms with Crippen LogP contribution in [0.15, 0.2) is 66.2 Å². The lowest BCUT2D eigenvalue weighted by molar-refractivity contribution is -0.132. The lowest BCUT2D eigenvalue weighted by Gasteiger charge is -2.26. The van der Waals surface area contributed by atoms with E-state index in [9.17, 15) is 19.8 Å². The topological polar surface area (TPSA) is 106 Å². The Morgan fingerprint density at radius 1 is 0.973 bits per heavy atom. The van der Waals surface area contributed by atoms with E-state index in [1.165, 1.54) is 24.1 Å². The molecule has 3 aromatic carbocycles. The Hall–Kier alpha value is -4.17. The molecule has 1 amide bonds. The maximum Gasteiger partial charge on any atom is 0.300 e. The number of ether oxygens (including phenoxy) is 3. The van der Waals surface area contributed by atoms with Crippen LogP contribution < -0.4 is 19.1 Å². The fraction of sp³-hybridized carbons (Fsp3) is 0.214. The van der Waals surface area contributed by atoms with Gasteiger partial charge in [-0.25, -0.2) is 0 Å². The van der Waals surface area contributed by atoms with Gasteiger partial charge in [-0.15, -0.1) is 0 Å². The number of phenolic OH excluding ortho intramolecular Hbond substituents is 1. The van der Waals surface area contributed by atoms with E-state index in [1.807, 2.05) is 6.92 Å². The molecule has 0 bridgehead atoms. The molecule has 1 heterocycles. The molecule has 2 N–H and O–H groups in total. The Balaban J connectivity index is 1.99. The van der Waals surface area contributed by atoms with Crippen molar-refractivity contribution in [1.82, 2.24) is 0 Å². The summed E-state index contributed by atoms with van der Waals surface area (Å²) in [6, 6.07) is 15.3. The van der Waals surface area contributed by atoms with Gasteiger partial charge in [0, 0.05) is 11.8 Å². The molecule has 8 nitrogen and oxygen atoms in total. The van der Waals surface area contributed by atoms with E-state index in [0.29, 0.717) is 30.2 Å². The highest BCUT2D eigenvalue weighted by Crippen LogP contribution is 2.46. The number of methoxy groups -OCH3 is 1. The number of aliphatic hydroxyl groups excluding tert-OH is 1. The number of amides is 1. The van der Waals surface area contributed by atoms with E-state index in [1.54, 1.807) is 55.5 Å². The van der Waals surface area contributed by atoms with Crippen LogP contribution >= 0.6 is 11.6 Å². The second-order valence-corrected chi connectivity index (χ2v) is 8.49. The SMILES string of the molecule is CCOc1ccc(/C(O)=C2\C(=O)C(=O)N(c3ccccc3)C2c2cc(Cl)c(O)c(OC)c2)c(OCC)c1. The normalized spacial score (nSPS) is 16.6. The minimum absolute atomic E-state index is 0.0379. The molecule has 0 spiro atoms. The standard InChI is InChI=1S/C28H26ClNO7/c1-4-36-18-11-12-19(21(15-18)37-5-2)25(31)23-24(16-13-20(29)26(32)22(14-16)35-3)30(28(34)27(23)33)17-9-7-6-8-10-17/h6-15,24,31-32H,4-5H2,1-3H3/b25-23+. The maximum absolute atomic E-state index is 13.4. The highest BCUT2D eigenvalue weighted by molar-refractivity contribution is 6.51. The van der Waals surface area contributed by atoms with Crippen molar-refractivity contribution in [3.8, 4) is 23.0 Å². The molecule has 4 rings (SSSR count). The number of aliphatic hydroxyl groups is 1. The van der Waals surface area contributed by atoms with Gasteiger partial charge in [-0.2, -0.15) is 0 Å². The van der Waals surface area contributed by atoms with Gasteiger partial charge < -0.3 is 24.4 Å². The second-order valence-electron chi connectivity index (χ2n) is 8.08. The van der Waals surface area contributed by atoms with Crippen molar-refractivity contribution < 1.29 is 34.0 Å². The largest absolute Gasteiger partial charge is 0.507 e. The molecule has 1 unspecified atom stereocenters. The summed E-state index contributed by atoms with van der Waals surface area (Å²) in [7, 11) is 1.36. The number of Topliss-reactive ketones (excluding diaryl/α,β-unsaturated/α-hetero) is 1.